The smallest absolute Gasteiger partial charge is 0.253 e. The number of rotatable bonds is 6. The van der Waals surface area contributed by atoms with E-state index in [1.54, 1.807) is 7.05 Å². The van der Waals surface area contributed by atoms with Crippen LogP contribution in [0, 0.1) is 11.8 Å². The zero-order valence-corrected chi connectivity index (χ0v) is 21.9. The molecule has 1 aliphatic carbocycles. The number of nitrogens with zero attached hydrogens (tertiary/aromatic N) is 4. The standard InChI is InChI=1S/C31H30N6O2/c1-32-30(38)25-3-2-4-27-28(25)37(18-19-13-14-36(17-19)31(39)22-9-10-22)29(34-27)21-7-5-20(6-8-21)23-11-12-26-24(15-23)16-33-35-26/h2-8,11-12,15-16,19,22H,9-10,13-14,17-18H2,1H3,(H,32,38)(H,33,35)/t19-/m1/s1. The van der Waals surface area contributed by atoms with Crippen LogP contribution in [0.25, 0.3) is 44.5 Å². The molecule has 8 heteroatoms. The Kier molecular flexibility index (Phi) is 5.68. The fourth-order valence-electron chi connectivity index (χ4n) is 5.86. The van der Waals surface area contributed by atoms with Gasteiger partial charge in [-0.1, -0.05) is 36.4 Å². The van der Waals surface area contributed by atoms with Crippen molar-refractivity contribution in [2.45, 2.75) is 25.8 Å². The van der Waals surface area contributed by atoms with Crippen molar-refractivity contribution in [2.75, 3.05) is 20.1 Å². The SMILES string of the molecule is CNC(=O)c1cccc2nc(-c3ccc(-c4ccc5[nH]ncc5c4)cc3)n(C[C@@H]3CCN(C(=O)C4CC4)C3)c12. The molecule has 3 heterocycles. The molecule has 5 aromatic rings. The summed E-state index contributed by atoms with van der Waals surface area (Å²) in [4.78, 5) is 32.6. The van der Waals surface area contributed by atoms with E-state index in [0.29, 0.717) is 23.9 Å². The molecule has 1 atom stereocenters. The molecule has 7 rings (SSSR count). The van der Waals surface area contributed by atoms with E-state index in [2.05, 4.69) is 56.5 Å². The molecular formula is C31H30N6O2. The summed E-state index contributed by atoms with van der Waals surface area (Å²) in [5.74, 6) is 1.56. The minimum atomic E-state index is -0.129. The summed E-state index contributed by atoms with van der Waals surface area (Å²) in [6.45, 7) is 2.26. The highest BCUT2D eigenvalue weighted by molar-refractivity contribution is 6.05. The van der Waals surface area contributed by atoms with Crippen molar-refractivity contribution in [3.63, 3.8) is 0 Å². The molecule has 2 aromatic heterocycles. The first-order chi connectivity index (χ1) is 19.1. The molecule has 1 aliphatic heterocycles. The van der Waals surface area contributed by atoms with Crippen molar-refractivity contribution >= 4 is 33.8 Å². The van der Waals surface area contributed by atoms with Crippen molar-refractivity contribution in [3.05, 3.63) is 72.4 Å². The van der Waals surface area contributed by atoms with Gasteiger partial charge in [0.15, 0.2) is 0 Å². The van der Waals surface area contributed by atoms with Gasteiger partial charge in [-0.15, -0.1) is 0 Å². The number of carbonyl (C=O) groups excluding carboxylic acids is 2. The number of fused-ring (bicyclic) bond motifs is 2. The highest BCUT2D eigenvalue weighted by Gasteiger charge is 2.37. The summed E-state index contributed by atoms with van der Waals surface area (Å²) < 4.78 is 2.20. The number of likely N-dealkylation sites (tertiary alicyclic amines) is 1. The first-order valence-corrected chi connectivity index (χ1v) is 13.6. The number of hydrogen-bond donors (Lipinski definition) is 2. The van der Waals surface area contributed by atoms with Crippen LogP contribution in [-0.4, -0.2) is 56.6 Å². The lowest BCUT2D eigenvalue weighted by Crippen LogP contribution is -2.30. The zero-order valence-electron chi connectivity index (χ0n) is 21.9. The minimum absolute atomic E-state index is 0.129. The van der Waals surface area contributed by atoms with E-state index in [-0.39, 0.29) is 11.8 Å². The third-order valence-corrected chi connectivity index (χ3v) is 8.12. The van der Waals surface area contributed by atoms with Crippen LogP contribution in [0.1, 0.15) is 29.6 Å². The van der Waals surface area contributed by atoms with Crippen LogP contribution in [0.15, 0.2) is 66.9 Å². The van der Waals surface area contributed by atoms with Crippen LogP contribution in [-0.2, 0) is 11.3 Å². The number of amides is 2. The number of nitrogens with one attached hydrogen (secondary N) is 2. The van der Waals surface area contributed by atoms with Gasteiger partial charge < -0.3 is 14.8 Å². The average molecular weight is 519 g/mol. The van der Waals surface area contributed by atoms with E-state index in [1.807, 2.05) is 35.4 Å². The van der Waals surface area contributed by atoms with Gasteiger partial charge in [-0.3, -0.25) is 14.7 Å². The lowest BCUT2D eigenvalue weighted by molar-refractivity contribution is -0.131. The van der Waals surface area contributed by atoms with Gasteiger partial charge >= 0.3 is 0 Å². The maximum atomic E-state index is 12.8. The average Bonchev–Trinajstić information content (AvgIpc) is 3.36. The Morgan fingerprint density at radius 2 is 1.79 bits per heavy atom. The second-order valence-corrected chi connectivity index (χ2v) is 10.8. The van der Waals surface area contributed by atoms with Crippen molar-refractivity contribution in [1.82, 2.24) is 30.0 Å². The fraction of sp³-hybridized carbons (Fsp3) is 0.290. The van der Waals surface area contributed by atoms with Crippen LogP contribution in [0.5, 0.6) is 0 Å². The molecule has 2 fully saturated rings. The summed E-state index contributed by atoms with van der Waals surface area (Å²) in [6, 6.07) is 20.4. The minimum Gasteiger partial charge on any atom is -0.355 e. The second kappa shape index (κ2) is 9.38. The van der Waals surface area contributed by atoms with Crippen LogP contribution < -0.4 is 5.32 Å². The Hall–Kier alpha value is -4.46. The number of H-pyrrole nitrogens is 1. The predicted octanol–water partition coefficient (Wildman–Crippen LogP) is 4.86. The monoisotopic (exact) mass is 518 g/mol. The predicted molar refractivity (Wildman–Crippen MR) is 151 cm³/mol. The molecule has 0 unspecified atom stereocenters. The fourth-order valence-corrected chi connectivity index (χ4v) is 5.86. The lowest BCUT2D eigenvalue weighted by Gasteiger charge is -2.18. The second-order valence-electron chi connectivity index (χ2n) is 10.8. The third-order valence-electron chi connectivity index (χ3n) is 8.12. The van der Waals surface area contributed by atoms with Gasteiger partial charge in [0, 0.05) is 43.5 Å². The molecule has 196 valence electrons. The number of aromatic nitrogens is 4. The highest BCUT2D eigenvalue weighted by Crippen LogP contribution is 2.35. The van der Waals surface area contributed by atoms with Crippen molar-refractivity contribution in [2.24, 2.45) is 11.8 Å². The zero-order chi connectivity index (χ0) is 26.5. The number of para-hydroxylation sites is 1. The Morgan fingerprint density at radius 3 is 2.59 bits per heavy atom. The molecule has 3 aromatic carbocycles. The van der Waals surface area contributed by atoms with Crippen LogP contribution in [0.2, 0.25) is 0 Å². The molecule has 2 aliphatic rings. The number of benzene rings is 3. The lowest BCUT2D eigenvalue weighted by atomic mass is 10.0. The molecule has 0 radical (unpaired) electrons. The third kappa shape index (κ3) is 4.26. The van der Waals surface area contributed by atoms with Gasteiger partial charge in [-0.05, 0) is 60.6 Å². The maximum Gasteiger partial charge on any atom is 0.253 e. The normalized spacial score (nSPS) is 17.3. The molecule has 2 N–H and O–H groups in total. The summed E-state index contributed by atoms with van der Waals surface area (Å²) in [5.41, 5.74) is 6.49. The molecule has 0 spiro atoms. The van der Waals surface area contributed by atoms with Gasteiger partial charge in [0.2, 0.25) is 5.91 Å². The van der Waals surface area contributed by atoms with E-state index >= 15 is 0 Å². The Morgan fingerprint density at radius 1 is 1.00 bits per heavy atom. The Balaban J connectivity index is 1.26. The number of aromatic amines is 1. The van der Waals surface area contributed by atoms with Crippen LogP contribution in [0.4, 0.5) is 0 Å². The molecular weight excluding hydrogens is 488 g/mol. The Bertz CT molecular complexity index is 1710. The van der Waals surface area contributed by atoms with Gasteiger partial charge in [-0.25, -0.2) is 4.98 Å². The Labute approximate surface area is 226 Å². The molecule has 1 saturated carbocycles. The van der Waals surface area contributed by atoms with Crippen molar-refractivity contribution in [1.29, 1.82) is 0 Å². The van der Waals surface area contributed by atoms with E-state index < -0.39 is 0 Å². The van der Waals surface area contributed by atoms with Gasteiger partial charge in [0.25, 0.3) is 5.91 Å². The van der Waals surface area contributed by atoms with Crippen molar-refractivity contribution < 1.29 is 9.59 Å². The summed E-state index contributed by atoms with van der Waals surface area (Å²) in [5, 5.41) is 11.0. The van der Waals surface area contributed by atoms with Crippen LogP contribution >= 0.6 is 0 Å². The summed E-state index contributed by atoms with van der Waals surface area (Å²) in [7, 11) is 1.65. The molecule has 2 amide bonds. The van der Waals surface area contributed by atoms with E-state index in [4.69, 9.17) is 4.98 Å². The van der Waals surface area contributed by atoms with Gasteiger partial charge in [0.05, 0.1) is 28.3 Å². The maximum absolute atomic E-state index is 12.8. The number of carbonyl (C=O) groups is 2. The number of imidazole rings is 1. The van der Waals surface area contributed by atoms with Gasteiger partial charge in [-0.2, -0.15) is 5.10 Å². The van der Waals surface area contributed by atoms with E-state index in [0.717, 1.165) is 76.8 Å². The molecule has 1 saturated heterocycles. The topological polar surface area (TPSA) is 95.9 Å². The summed E-state index contributed by atoms with van der Waals surface area (Å²) >= 11 is 0. The van der Waals surface area contributed by atoms with E-state index in [9.17, 15) is 9.59 Å². The highest BCUT2D eigenvalue weighted by atomic mass is 16.2. The molecule has 8 nitrogen and oxygen atoms in total. The largest absolute Gasteiger partial charge is 0.355 e. The number of hydrogen-bond acceptors (Lipinski definition) is 4. The molecule has 39 heavy (non-hydrogen) atoms. The van der Waals surface area contributed by atoms with Crippen LogP contribution in [0.3, 0.4) is 0 Å². The molecule has 0 bridgehead atoms. The first kappa shape index (κ1) is 23.6. The van der Waals surface area contributed by atoms with E-state index in [1.165, 1.54) is 0 Å². The van der Waals surface area contributed by atoms with Gasteiger partial charge in [0.1, 0.15) is 5.82 Å². The summed E-state index contributed by atoms with van der Waals surface area (Å²) in [6.07, 6.45) is 4.84. The van der Waals surface area contributed by atoms with Crippen molar-refractivity contribution in [3.8, 4) is 22.5 Å². The first-order valence-electron chi connectivity index (χ1n) is 13.6. The quantitative estimate of drug-likeness (QED) is 0.335.